The van der Waals surface area contributed by atoms with Crippen molar-refractivity contribution in [1.29, 1.82) is 0 Å². The van der Waals surface area contributed by atoms with Crippen LogP contribution in [0, 0.1) is 0 Å². The van der Waals surface area contributed by atoms with Crippen LogP contribution in [-0.2, 0) is 5.41 Å². The maximum Gasteiger partial charge on any atom is 0.0445 e. The Labute approximate surface area is 226 Å². The Morgan fingerprint density at radius 1 is 0.543 bits per heavy atom. The first-order chi connectivity index (χ1) is 16.5. The molecule has 1 aromatic carbocycles. The quantitative estimate of drug-likeness (QED) is 0.209. The van der Waals surface area contributed by atoms with E-state index in [4.69, 9.17) is 0 Å². The van der Waals surface area contributed by atoms with E-state index in [0.717, 1.165) is 0 Å². The number of rotatable bonds is 5. The molecule has 0 amide bonds. The minimum absolute atomic E-state index is 0.168. The Balaban J connectivity index is 1.91. The number of benzene rings is 1. The molecule has 0 atom stereocenters. The lowest BCUT2D eigenvalue weighted by molar-refractivity contribution is 0.604. The maximum atomic E-state index is 2.51. The van der Waals surface area contributed by atoms with Crippen molar-refractivity contribution in [3.8, 4) is 20.9 Å². The van der Waals surface area contributed by atoms with Crippen molar-refractivity contribution in [2.45, 2.75) is 85.5 Å². The lowest BCUT2D eigenvalue weighted by Gasteiger charge is -2.15. The zero-order valence-corrected chi connectivity index (χ0v) is 25.6. The van der Waals surface area contributed by atoms with Crippen LogP contribution in [0.15, 0.2) is 36.4 Å². The minimum atomic E-state index is 0.168. The van der Waals surface area contributed by atoms with Crippen molar-refractivity contribution in [3.63, 3.8) is 0 Å². The van der Waals surface area contributed by atoms with Crippen molar-refractivity contribution in [3.05, 3.63) is 55.9 Å². The molecule has 35 heavy (non-hydrogen) atoms. The van der Waals surface area contributed by atoms with Crippen molar-refractivity contribution in [2.24, 2.45) is 0 Å². The van der Waals surface area contributed by atoms with Crippen molar-refractivity contribution >= 4 is 65.5 Å². The highest BCUT2D eigenvalue weighted by atomic mass is 32.1. The second kappa shape index (κ2) is 9.13. The van der Waals surface area contributed by atoms with Gasteiger partial charge in [0.15, 0.2) is 0 Å². The van der Waals surface area contributed by atoms with Gasteiger partial charge in [-0.25, -0.2) is 0 Å². The summed E-state index contributed by atoms with van der Waals surface area (Å²) in [6.45, 7) is 20.9. The molecule has 0 aliphatic carbocycles. The molecule has 4 aromatic heterocycles. The fraction of sp³-hybridized carbons (Fsp3) is 0.419. The fourth-order valence-electron chi connectivity index (χ4n) is 4.54. The summed E-state index contributed by atoms with van der Waals surface area (Å²) in [7, 11) is 0. The summed E-state index contributed by atoms with van der Waals surface area (Å²) in [5.74, 6) is 1.62. The normalized spacial score (nSPS) is 12.9. The zero-order chi connectivity index (χ0) is 25.2. The summed E-state index contributed by atoms with van der Waals surface area (Å²) in [5.41, 5.74) is 3.09. The number of hydrogen-bond donors (Lipinski definition) is 0. The second-order valence-corrected chi connectivity index (χ2v) is 16.0. The van der Waals surface area contributed by atoms with Crippen LogP contribution in [0.5, 0.6) is 0 Å². The molecule has 0 nitrogen and oxygen atoms in total. The molecular formula is C31H36S4. The molecule has 0 aliphatic heterocycles. The van der Waals surface area contributed by atoms with Gasteiger partial charge in [-0.05, 0) is 59.6 Å². The van der Waals surface area contributed by atoms with E-state index in [1.54, 1.807) is 0 Å². The van der Waals surface area contributed by atoms with Crippen molar-refractivity contribution in [2.75, 3.05) is 0 Å². The second-order valence-electron chi connectivity index (χ2n) is 11.6. The van der Waals surface area contributed by atoms with Gasteiger partial charge in [0.25, 0.3) is 0 Å². The molecule has 0 aliphatic rings. The Hall–Kier alpha value is -1.46. The van der Waals surface area contributed by atoms with Gasteiger partial charge in [0.1, 0.15) is 0 Å². The SMILES string of the molecule is CC(C)c1ccc(-c2c3cc(C(C)C)sc3c(-c3ccc(C(C)(C)C)s3)c3cc(C(C)C)sc23)s1. The van der Waals surface area contributed by atoms with E-state index in [2.05, 4.69) is 98.7 Å². The Morgan fingerprint density at radius 2 is 1.00 bits per heavy atom. The predicted molar refractivity (Wildman–Crippen MR) is 165 cm³/mol. The first-order valence-electron chi connectivity index (χ1n) is 12.7. The third-order valence-corrected chi connectivity index (χ3v) is 12.5. The van der Waals surface area contributed by atoms with Gasteiger partial charge >= 0.3 is 0 Å². The van der Waals surface area contributed by atoms with E-state index < -0.39 is 0 Å². The molecule has 4 heteroatoms. The molecule has 0 radical (unpaired) electrons. The smallest absolute Gasteiger partial charge is 0.0445 e. The largest absolute Gasteiger partial charge is 0.140 e. The molecule has 184 valence electrons. The number of fused-ring (bicyclic) bond motifs is 2. The Bertz CT molecular complexity index is 1440. The molecule has 0 saturated carbocycles. The van der Waals surface area contributed by atoms with Crippen LogP contribution in [-0.4, -0.2) is 0 Å². The van der Waals surface area contributed by atoms with Crippen LogP contribution in [0.25, 0.3) is 41.1 Å². The van der Waals surface area contributed by atoms with Gasteiger partial charge in [-0.2, -0.15) is 0 Å². The fourth-order valence-corrected chi connectivity index (χ4v) is 9.36. The molecular weight excluding hydrogens is 501 g/mol. The predicted octanol–water partition coefficient (Wildman–Crippen LogP) is 12.2. The highest BCUT2D eigenvalue weighted by Gasteiger charge is 2.25. The van der Waals surface area contributed by atoms with E-state index in [1.165, 1.54) is 60.6 Å². The van der Waals surface area contributed by atoms with Crippen LogP contribution >= 0.6 is 45.3 Å². The highest BCUT2D eigenvalue weighted by Crippen LogP contribution is 2.53. The van der Waals surface area contributed by atoms with E-state index in [-0.39, 0.29) is 5.41 Å². The zero-order valence-electron chi connectivity index (χ0n) is 22.3. The summed E-state index contributed by atoms with van der Waals surface area (Å²) >= 11 is 7.99. The summed E-state index contributed by atoms with van der Waals surface area (Å²) in [5, 5.41) is 2.89. The van der Waals surface area contributed by atoms with Gasteiger partial charge in [0.05, 0.1) is 0 Å². The maximum absolute atomic E-state index is 2.51. The minimum Gasteiger partial charge on any atom is -0.140 e. The van der Waals surface area contributed by atoms with Crippen LogP contribution in [0.2, 0.25) is 0 Å². The van der Waals surface area contributed by atoms with Crippen LogP contribution in [0.4, 0.5) is 0 Å². The monoisotopic (exact) mass is 536 g/mol. The van der Waals surface area contributed by atoms with Crippen molar-refractivity contribution < 1.29 is 0 Å². The third-order valence-electron chi connectivity index (χ3n) is 6.67. The average Bonchev–Trinajstić information content (AvgIpc) is 3.56. The lowest BCUT2D eigenvalue weighted by atomic mass is 9.95. The molecule has 0 unspecified atom stereocenters. The van der Waals surface area contributed by atoms with Gasteiger partial charge < -0.3 is 0 Å². The van der Waals surface area contributed by atoms with E-state index in [0.29, 0.717) is 17.8 Å². The van der Waals surface area contributed by atoms with E-state index in [9.17, 15) is 0 Å². The Kier molecular flexibility index (Phi) is 6.57. The van der Waals surface area contributed by atoms with Crippen LogP contribution in [0.1, 0.15) is 99.6 Å². The molecule has 0 fully saturated rings. The number of thiophene rings is 4. The van der Waals surface area contributed by atoms with Gasteiger partial charge in [-0.1, -0.05) is 62.3 Å². The highest BCUT2D eigenvalue weighted by molar-refractivity contribution is 7.24. The van der Waals surface area contributed by atoms with E-state index in [1.807, 2.05) is 45.3 Å². The Morgan fingerprint density at radius 3 is 1.40 bits per heavy atom. The molecule has 4 heterocycles. The van der Waals surface area contributed by atoms with Crippen molar-refractivity contribution in [1.82, 2.24) is 0 Å². The van der Waals surface area contributed by atoms with Crippen LogP contribution in [0.3, 0.4) is 0 Å². The first-order valence-corrected chi connectivity index (χ1v) is 16.0. The van der Waals surface area contributed by atoms with Gasteiger partial charge in [-0.3, -0.25) is 0 Å². The van der Waals surface area contributed by atoms with Gasteiger partial charge in [0.2, 0.25) is 0 Å². The van der Waals surface area contributed by atoms with E-state index >= 15 is 0 Å². The summed E-state index contributed by atoms with van der Waals surface area (Å²) < 4.78 is 2.93. The lowest BCUT2D eigenvalue weighted by Crippen LogP contribution is -2.07. The van der Waals surface area contributed by atoms with Crippen LogP contribution < -0.4 is 0 Å². The molecule has 0 N–H and O–H groups in total. The van der Waals surface area contributed by atoms with Gasteiger partial charge in [0, 0.05) is 60.6 Å². The molecule has 5 rings (SSSR count). The molecule has 0 spiro atoms. The molecule has 5 aromatic rings. The summed E-state index contributed by atoms with van der Waals surface area (Å²) in [6.07, 6.45) is 0. The van der Waals surface area contributed by atoms with Gasteiger partial charge in [-0.15, -0.1) is 45.3 Å². The topological polar surface area (TPSA) is 0 Å². The molecule has 0 bridgehead atoms. The molecule has 0 saturated heterocycles. The summed E-state index contributed by atoms with van der Waals surface area (Å²) in [4.78, 5) is 8.73. The summed E-state index contributed by atoms with van der Waals surface area (Å²) in [6, 6.07) is 14.5. The first kappa shape index (κ1) is 25.2. The average molecular weight is 537 g/mol. The standard InChI is InChI=1S/C31H36S4/c1-16(2)21-10-11-22(32-21)27-19-14-24(17(3)4)35-30(19)28(20-15-25(18(5)6)34-29(20)27)23-12-13-26(33-23)31(7,8)9/h10-18H,1-9H3. The number of hydrogen-bond acceptors (Lipinski definition) is 4. The third kappa shape index (κ3) is 4.45.